The molecule has 2 N–H and O–H groups in total. The third kappa shape index (κ3) is 3.03. The van der Waals surface area contributed by atoms with Gasteiger partial charge in [0.15, 0.2) is 5.65 Å². The predicted molar refractivity (Wildman–Crippen MR) is 98.3 cm³/mol. The van der Waals surface area contributed by atoms with Crippen LogP contribution in [0.4, 0.5) is 5.95 Å². The molecule has 4 rings (SSSR count). The molecule has 0 saturated heterocycles. The second-order valence-corrected chi connectivity index (χ2v) is 6.67. The number of aromatic amines is 1. The third-order valence-corrected chi connectivity index (χ3v) is 4.94. The highest BCUT2D eigenvalue weighted by atomic mass is 32.1. The number of thiazole rings is 1. The Morgan fingerprint density at radius 2 is 2.08 bits per heavy atom. The Labute approximate surface area is 147 Å². The predicted octanol–water partition coefficient (Wildman–Crippen LogP) is 2.74. The van der Waals surface area contributed by atoms with Crippen molar-refractivity contribution in [3.05, 3.63) is 63.0 Å². The number of benzene rings is 1. The molecule has 0 aliphatic heterocycles. The molecule has 8 heteroatoms. The number of H-pyrrole nitrogens is 1. The van der Waals surface area contributed by atoms with Gasteiger partial charge in [-0.25, -0.2) is 9.67 Å². The number of anilines is 1. The van der Waals surface area contributed by atoms with Crippen LogP contribution in [0.5, 0.6) is 0 Å². The first-order chi connectivity index (χ1) is 12.2. The minimum Gasteiger partial charge on any atom is -0.349 e. The van der Waals surface area contributed by atoms with Gasteiger partial charge in [0.25, 0.3) is 5.56 Å². The zero-order valence-corrected chi connectivity index (χ0v) is 14.4. The quantitative estimate of drug-likeness (QED) is 0.576. The molecule has 3 aromatic heterocycles. The average molecular weight is 352 g/mol. The van der Waals surface area contributed by atoms with Crippen LogP contribution in [-0.2, 0) is 13.0 Å². The summed E-state index contributed by atoms with van der Waals surface area (Å²) in [5.74, 6) is 0.406. The molecule has 0 saturated carbocycles. The number of hydrogen-bond acceptors (Lipinski definition) is 6. The van der Waals surface area contributed by atoms with Crippen LogP contribution in [0.2, 0.25) is 0 Å². The van der Waals surface area contributed by atoms with E-state index in [1.165, 1.54) is 11.1 Å². The van der Waals surface area contributed by atoms with E-state index in [0.717, 1.165) is 17.1 Å². The summed E-state index contributed by atoms with van der Waals surface area (Å²) in [6.45, 7) is 2.61. The van der Waals surface area contributed by atoms with Gasteiger partial charge in [-0.3, -0.25) is 9.78 Å². The van der Waals surface area contributed by atoms with Crippen molar-refractivity contribution < 1.29 is 0 Å². The maximum absolute atomic E-state index is 12.3. The summed E-state index contributed by atoms with van der Waals surface area (Å²) in [5, 5.41) is 8.85. The van der Waals surface area contributed by atoms with Gasteiger partial charge in [-0.1, -0.05) is 25.1 Å². The van der Waals surface area contributed by atoms with Gasteiger partial charge >= 0.3 is 0 Å². The first-order valence-corrected chi connectivity index (χ1v) is 8.77. The average Bonchev–Trinajstić information content (AvgIpc) is 3.27. The van der Waals surface area contributed by atoms with E-state index in [-0.39, 0.29) is 5.56 Å². The van der Waals surface area contributed by atoms with E-state index in [1.807, 2.05) is 36.5 Å². The van der Waals surface area contributed by atoms with Gasteiger partial charge in [0, 0.05) is 11.1 Å². The van der Waals surface area contributed by atoms with Crippen molar-refractivity contribution in [2.45, 2.75) is 19.9 Å². The molecule has 0 bridgehead atoms. The molecule has 0 amide bonds. The normalized spacial score (nSPS) is 11.1. The molecule has 0 spiro atoms. The number of hydrogen-bond donors (Lipinski definition) is 2. The molecular weight excluding hydrogens is 336 g/mol. The lowest BCUT2D eigenvalue weighted by Gasteiger charge is -2.05. The Morgan fingerprint density at radius 3 is 2.84 bits per heavy atom. The summed E-state index contributed by atoms with van der Waals surface area (Å²) < 4.78 is 1.66. The summed E-state index contributed by atoms with van der Waals surface area (Å²) in [4.78, 5) is 25.2. The van der Waals surface area contributed by atoms with Gasteiger partial charge in [-0.05, 0) is 18.6 Å². The molecule has 3 heterocycles. The Morgan fingerprint density at radius 1 is 1.24 bits per heavy atom. The van der Waals surface area contributed by atoms with Crippen LogP contribution in [0.3, 0.4) is 0 Å². The summed E-state index contributed by atoms with van der Waals surface area (Å²) in [7, 11) is 0. The Kier molecular flexibility index (Phi) is 4.02. The zero-order valence-electron chi connectivity index (χ0n) is 13.6. The molecule has 0 unspecified atom stereocenters. The first-order valence-electron chi connectivity index (χ1n) is 7.95. The van der Waals surface area contributed by atoms with Crippen molar-refractivity contribution in [2.75, 3.05) is 5.32 Å². The molecular formula is C17H16N6OS. The number of para-hydroxylation sites is 1. The van der Waals surface area contributed by atoms with Crippen molar-refractivity contribution in [3.63, 3.8) is 0 Å². The van der Waals surface area contributed by atoms with Crippen LogP contribution in [0.25, 0.3) is 16.7 Å². The van der Waals surface area contributed by atoms with Gasteiger partial charge in [0.1, 0.15) is 10.4 Å². The van der Waals surface area contributed by atoms with Gasteiger partial charge in [-0.2, -0.15) is 10.1 Å². The molecule has 0 aliphatic rings. The number of nitrogens with one attached hydrogen (secondary N) is 2. The van der Waals surface area contributed by atoms with Crippen molar-refractivity contribution >= 4 is 28.3 Å². The molecule has 0 atom stereocenters. The number of nitrogens with zero attached hydrogens (tertiary/aromatic N) is 4. The van der Waals surface area contributed by atoms with E-state index in [4.69, 9.17) is 0 Å². The Hall–Kier alpha value is -3.00. The minimum atomic E-state index is -0.219. The number of fused-ring (bicyclic) bond motifs is 1. The number of aromatic nitrogens is 5. The molecule has 1 aromatic carbocycles. The van der Waals surface area contributed by atoms with Gasteiger partial charge < -0.3 is 5.32 Å². The molecule has 0 fully saturated rings. The van der Waals surface area contributed by atoms with Crippen molar-refractivity contribution in [1.29, 1.82) is 0 Å². The van der Waals surface area contributed by atoms with Gasteiger partial charge in [0.05, 0.1) is 18.4 Å². The fraction of sp³-hybridized carbons (Fsp3) is 0.176. The van der Waals surface area contributed by atoms with Crippen molar-refractivity contribution in [3.8, 4) is 5.69 Å². The summed E-state index contributed by atoms with van der Waals surface area (Å²) in [6.07, 6.45) is 4.38. The second kappa shape index (κ2) is 6.48. The van der Waals surface area contributed by atoms with E-state index in [9.17, 15) is 4.79 Å². The van der Waals surface area contributed by atoms with Crippen LogP contribution in [0.1, 0.15) is 16.8 Å². The largest absolute Gasteiger partial charge is 0.349 e. The smallest absolute Gasteiger partial charge is 0.263 e. The van der Waals surface area contributed by atoms with Gasteiger partial charge in [0.2, 0.25) is 5.95 Å². The molecule has 0 aliphatic carbocycles. The second-order valence-electron chi connectivity index (χ2n) is 5.47. The fourth-order valence-electron chi connectivity index (χ4n) is 2.51. The third-order valence-electron chi connectivity index (χ3n) is 3.80. The van der Waals surface area contributed by atoms with Crippen LogP contribution in [-0.4, -0.2) is 24.7 Å². The maximum Gasteiger partial charge on any atom is 0.263 e. The van der Waals surface area contributed by atoms with E-state index in [0.29, 0.717) is 23.5 Å². The van der Waals surface area contributed by atoms with E-state index in [2.05, 4.69) is 32.3 Å². The Bertz CT molecular complexity index is 1070. The van der Waals surface area contributed by atoms with Crippen molar-refractivity contribution in [1.82, 2.24) is 24.7 Å². The molecule has 126 valence electrons. The van der Waals surface area contributed by atoms with Crippen LogP contribution >= 0.6 is 11.3 Å². The zero-order chi connectivity index (χ0) is 17.2. The van der Waals surface area contributed by atoms with Crippen LogP contribution in [0, 0.1) is 0 Å². The maximum atomic E-state index is 12.3. The minimum absolute atomic E-state index is 0.219. The molecule has 25 heavy (non-hydrogen) atoms. The monoisotopic (exact) mass is 352 g/mol. The molecule has 7 nitrogen and oxygen atoms in total. The first kappa shape index (κ1) is 15.5. The lowest BCUT2D eigenvalue weighted by molar-refractivity contribution is 0.893. The molecule has 4 aromatic rings. The van der Waals surface area contributed by atoms with E-state index < -0.39 is 0 Å². The summed E-state index contributed by atoms with van der Waals surface area (Å²) >= 11 is 1.65. The number of aryl methyl sites for hydroxylation is 1. The van der Waals surface area contributed by atoms with E-state index >= 15 is 0 Å². The highest BCUT2D eigenvalue weighted by molar-refractivity contribution is 7.11. The number of rotatable bonds is 5. The highest BCUT2D eigenvalue weighted by Crippen LogP contribution is 2.16. The summed E-state index contributed by atoms with van der Waals surface area (Å²) in [5.41, 5.74) is 1.16. The van der Waals surface area contributed by atoms with Gasteiger partial charge in [-0.15, -0.1) is 11.3 Å². The highest BCUT2D eigenvalue weighted by Gasteiger charge is 2.11. The summed E-state index contributed by atoms with van der Waals surface area (Å²) in [6, 6.07) is 9.61. The molecule has 0 radical (unpaired) electrons. The topological polar surface area (TPSA) is 88.5 Å². The fourth-order valence-corrected chi connectivity index (χ4v) is 3.32. The van der Waals surface area contributed by atoms with Crippen molar-refractivity contribution in [2.24, 2.45) is 0 Å². The van der Waals surface area contributed by atoms with Crippen LogP contribution in [0.15, 0.2) is 47.5 Å². The lowest BCUT2D eigenvalue weighted by Crippen LogP contribution is -2.13. The Balaban J connectivity index is 1.67. The SMILES string of the molecule is CCc1cnc(CNc2nc3c(cnn3-c3ccccc3)c(=O)[nH]2)s1. The lowest BCUT2D eigenvalue weighted by atomic mass is 10.3. The standard InChI is InChI=1S/C17H16N6OS/c1-2-12-8-18-14(25-12)10-19-17-21-15-13(16(24)22-17)9-20-23(15)11-6-4-3-5-7-11/h3-9H,2,10H2,1H3,(H2,19,21,22,24). The van der Waals surface area contributed by atoms with E-state index in [1.54, 1.807) is 16.0 Å². The van der Waals surface area contributed by atoms with Crippen LogP contribution < -0.4 is 10.9 Å².